The van der Waals surface area contributed by atoms with E-state index in [9.17, 15) is 9.59 Å². The maximum atomic E-state index is 13.1. The first-order chi connectivity index (χ1) is 18.4. The lowest BCUT2D eigenvalue weighted by atomic mass is 9.77. The number of Topliss-reactive ketones (excluding diaryl/α,β-unsaturated/α-hetero) is 1. The van der Waals surface area contributed by atoms with Gasteiger partial charge in [0.2, 0.25) is 5.88 Å². The minimum atomic E-state index is -0.723. The van der Waals surface area contributed by atoms with Crippen molar-refractivity contribution in [2.75, 3.05) is 13.7 Å². The molecule has 0 saturated carbocycles. The van der Waals surface area contributed by atoms with Crippen LogP contribution in [-0.4, -0.2) is 25.5 Å². The van der Waals surface area contributed by atoms with Gasteiger partial charge in [-0.1, -0.05) is 42.5 Å². The highest BCUT2D eigenvalue weighted by Gasteiger charge is 2.41. The Morgan fingerprint density at radius 1 is 1.11 bits per heavy atom. The summed E-state index contributed by atoms with van der Waals surface area (Å²) in [6.45, 7) is 2.65. The maximum absolute atomic E-state index is 13.1. The molecule has 7 nitrogen and oxygen atoms in total. The van der Waals surface area contributed by atoms with E-state index in [4.69, 9.17) is 24.7 Å². The average Bonchev–Trinajstić information content (AvgIpc) is 2.91. The van der Waals surface area contributed by atoms with E-state index in [-0.39, 0.29) is 17.2 Å². The molecule has 0 bridgehead atoms. The van der Waals surface area contributed by atoms with E-state index in [1.54, 1.807) is 0 Å². The van der Waals surface area contributed by atoms with Crippen LogP contribution in [0.1, 0.15) is 43.2 Å². The number of benzene rings is 3. The number of allylic oxidation sites excluding steroid dienone is 2. The van der Waals surface area contributed by atoms with Crippen molar-refractivity contribution in [3.63, 3.8) is 0 Å². The van der Waals surface area contributed by atoms with Crippen molar-refractivity contribution in [2.45, 2.75) is 38.7 Å². The summed E-state index contributed by atoms with van der Waals surface area (Å²) in [7, 11) is 1.28. The molecule has 0 spiro atoms. The van der Waals surface area contributed by atoms with Gasteiger partial charge in [0, 0.05) is 18.4 Å². The van der Waals surface area contributed by atoms with Gasteiger partial charge in [-0.25, -0.2) is 4.79 Å². The van der Waals surface area contributed by atoms with Gasteiger partial charge in [0.15, 0.2) is 17.3 Å². The zero-order valence-electron chi connectivity index (χ0n) is 21.2. The zero-order valence-corrected chi connectivity index (χ0v) is 23.4. The normalized spacial score (nSPS) is 17.2. The van der Waals surface area contributed by atoms with Crippen molar-refractivity contribution in [2.24, 2.45) is 5.73 Å². The van der Waals surface area contributed by atoms with Crippen LogP contribution >= 0.6 is 22.6 Å². The van der Waals surface area contributed by atoms with Gasteiger partial charge in [-0.3, -0.25) is 4.79 Å². The quantitative estimate of drug-likeness (QED) is 0.259. The van der Waals surface area contributed by atoms with Gasteiger partial charge < -0.3 is 24.7 Å². The molecule has 1 aliphatic heterocycles. The van der Waals surface area contributed by atoms with Gasteiger partial charge in [-0.15, -0.1) is 0 Å². The first-order valence-electron chi connectivity index (χ1n) is 12.5. The van der Waals surface area contributed by atoms with Crippen molar-refractivity contribution in [1.29, 1.82) is 0 Å². The van der Waals surface area contributed by atoms with E-state index < -0.39 is 11.9 Å². The topological polar surface area (TPSA) is 97.1 Å². The third-order valence-corrected chi connectivity index (χ3v) is 7.61. The molecule has 0 amide bonds. The molecular weight excluding hydrogens is 597 g/mol. The molecule has 8 heteroatoms. The predicted molar refractivity (Wildman–Crippen MR) is 152 cm³/mol. The SMILES string of the molecule is CCOc1cc([C@@H]2C(C(=O)OC)=C(N)OC3=C2C(=O)CCC3)cc(I)c1OCc1cccc2ccccc12. The molecule has 0 unspecified atom stereocenters. The smallest absolute Gasteiger partial charge is 0.340 e. The largest absolute Gasteiger partial charge is 0.490 e. The second-order valence-electron chi connectivity index (χ2n) is 9.11. The average molecular weight is 625 g/mol. The third-order valence-electron chi connectivity index (χ3n) is 6.81. The molecule has 3 aromatic carbocycles. The Balaban J connectivity index is 1.57. The number of fused-ring (bicyclic) bond motifs is 1. The van der Waals surface area contributed by atoms with Gasteiger partial charge in [0.25, 0.3) is 0 Å². The van der Waals surface area contributed by atoms with E-state index in [0.29, 0.717) is 60.9 Å². The molecule has 38 heavy (non-hydrogen) atoms. The predicted octanol–water partition coefficient (Wildman–Crippen LogP) is 5.89. The number of rotatable bonds is 7. The zero-order chi connectivity index (χ0) is 26.8. The summed E-state index contributed by atoms with van der Waals surface area (Å²) < 4.78 is 23.9. The third kappa shape index (κ3) is 4.84. The number of carbonyl (C=O) groups is 2. The first-order valence-corrected chi connectivity index (χ1v) is 13.6. The van der Waals surface area contributed by atoms with E-state index >= 15 is 0 Å². The monoisotopic (exact) mass is 625 g/mol. The highest BCUT2D eigenvalue weighted by molar-refractivity contribution is 14.1. The van der Waals surface area contributed by atoms with Crippen LogP contribution < -0.4 is 15.2 Å². The highest BCUT2D eigenvalue weighted by atomic mass is 127. The maximum Gasteiger partial charge on any atom is 0.340 e. The molecule has 5 rings (SSSR count). The summed E-state index contributed by atoms with van der Waals surface area (Å²) >= 11 is 2.20. The van der Waals surface area contributed by atoms with Crippen LogP contribution in [-0.2, 0) is 25.7 Å². The van der Waals surface area contributed by atoms with Gasteiger partial charge in [0.1, 0.15) is 17.9 Å². The van der Waals surface area contributed by atoms with Crippen LogP contribution in [0.3, 0.4) is 0 Å². The molecule has 1 heterocycles. The minimum absolute atomic E-state index is 0.0421. The van der Waals surface area contributed by atoms with Crippen molar-refractivity contribution < 1.29 is 28.5 Å². The lowest BCUT2D eigenvalue weighted by Gasteiger charge is -2.32. The Morgan fingerprint density at radius 2 is 1.89 bits per heavy atom. The van der Waals surface area contributed by atoms with Crippen molar-refractivity contribution in [3.8, 4) is 11.5 Å². The lowest BCUT2D eigenvalue weighted by Crippen LogP contribution is -2.31. The van der Waals surface area contributed by atoms with Crippen LogP contribution in [0.5, 0.6) is 11.5 Å². The number of ketones is 1. The second kappa shape index (κ2) is 11.1. The number of ether oxygens (including phenoxy) is 4. The Bertz CT molecular complexity index is 1490. The first kappa shape index (κ1) is 26.1. The molecule has 3 aromatic rings. The Kier molecular flexibility index (Phi) is 7.60. The van der Waals surface area contributed by atoms with Crippen LogP contribution in [0.2, 0.25) is 0 Å². The van der Waals surface area contributed by atoms with E-state index in [1.165, 1.54) is 7.11 Å². The Hall–Kier alpha value is -3.53. The van der Waals surface area contributed by atoms with Crippen LogP contribution in [0.25, 0.3) is 10.8 Å². The van der Waals surface area contributed by atoms with Crippen LogP contribution in [0, 0.1) is 3.57 Å². The van der Waals surface area contributed by atoms with Crippen LogP contribution in [0.4, 0.5) is 0 Å². The number of hydrogen-bond acceptors (Lipinski definition) is 7. The number of methoxy groups -OCH3 is 1. The van der Waals surface area contributed by atoms with Gasteiger partial charge in [-0.05, 0) is 70.0 Å². The van der Waals surface area contributed by atoms with Crippen molar-refractivity contribution in [3.05, 3.63) is 92.1 Å². The second-order valence-corrected chi connectivity index (χ2v) is 10.3. The lowest BCUT2D eigenvalue weighted by molar-refractivity contribution is -0.136. The molecule has 2 N–H and O–H groups in total. The molecule has 0 radical (unpaired) electrons. The molecule has 2 aliphatic rings. The van der Waals surface area contributed by atoms with E-state index in [2.05, 4.69) is 40.8 Å². The number of halogens is 1. The van der Waals surface area contributed by atoms with Gasteiger partial charge in [-0.2, -0.15) is 0 Å². The molecule has 0 saturated heterocycles. The molecular formula is C30H28INO6. The summed E-state index contributed by atoms with van der Waals surface area (Å²) in [5.74, 6) is 0.168. The van der Waals surface area contributed by atoms with Gasteiger partial charge in [0.05, 0.1) is 23.2 Å². The molecule has 0 fully saturated rings. The number of carbonyl (C=O) groups excluding carboxylic acids is 2. The Morgan fingerprint density at radius 3 is 2.68 bits per heavy atom. The number of esters is 1. The number of hydrogen-bond donors (Lipinski definition) is 1. The van der Waals surface area contributed by atoms with Gasteiger partial charge >= 0.3 is 5.97 Å². The summed E-state index contributed by atoms with van der Waals surface area (Å²) in [6.07, 6.45) is 1.64. The number of nitrogens with two attached hydrogens (primary N) is 1. The standard InChI is InChI=1S/C30H28INO6/c1-3-36-24-15-19(25-26-22(33)12-7-13-23(26)38-29(32)27(25)30(34)35-2)14-21(31)28(24)37-16-18-10-6-9-17-8-4-5-11-20(17)18/h4-6,8-11,14-15,25H,3,7,12-13,16,32H2,1-2H3/t25-/m0/s1. The molecule has 196 valence electrons. The summed E-state index contributed by atoms with van der Waals surface area (Å²) in [5.41, 5.74) is 8.52. The van der Waals surface area contributed by atoms with Crippen LogP contribution in [0.15, 0.2) is 77.4 Å². The minimum Gasteiger partial charge on any atom is -0.490 e. The van der Waals surface area contributed by atoms with E-state index in [0.717, 1.165) is 19.9 Å². The highest BCUT2D eigenvalue weighted by Crippen LogP contribution is 2.47. The summed E-state index contributed by atoms with van der Waals surface area (Å²) in [4.78, 5) is 25.9. The fourth-order valence-corrected chi connectivity index (χ4v) is 5.91. The fraction of sp³-hybridized carbons (Fsp3) is 0.267. The molecule has 1 aliphatic carbocycles. The van der Waals surface area contributed by atoms with E-state index in [1.807, 2.05) is 43.3 Å². The van der Waals surface area contributed by atoms with Crippen molar-refractivity contribution >= 4 is 45.1 Å². The molecule has 1 atom stereocenters. The van der Waals surface area contributed by atoms with Crippen molar-refractivity contribution in [1.82, 2.24) is 0 Å². The Labute approximate surface area is 234 Å². The summed E-state index contributed by atoms with van der Waals surface area (Å²) in [5, 5.41) is 2.27. The fourth-order valence-electron chi connectivity index (χ4n) is 5.12. The summed E-state index contributed by atoms with van der Waals surface area (Å²) in [6, 6.07) is 18.0. The molecule has 0 aromatic heterocycles.